The van der Waals surface area contributed by atoms with E-state index in [9.17, 15) is 27.1 Å². The molecule has 6 rings (SSSR count). The molecular formula is C30H22F5N3O4. The summed E-state index contributed by atoms with van der Waals surface area (Å²) in [6, 6.07) is 15.7. The van der Waals surface area contributed by atoms with Gasteiger partial charge in [-0.2, -0.15) is 18.3 Å². The number of alkyl halides is 5. The van der Waals surface area contributed by atoms with Crippen molar-refractivity contribution < 1.29 is 40.9 Å². The van der Waals surface area contributed by atoms with Crippen molar-refractivity contribution in [2.45, 2.75) is 39.8 Å². The van der Waals surface area contributed by atoms with Gasteiger partial charge < -0.3 is 19.0 Å². The van der Waals surface area contributed by atoms with E-state index < -0.39 is 18.2 Å². The topological polar surface area (TPSA) is 82.5 Å². The zero-order valence-corrected chi connectivity index (χ0v) is 22.4. The van der Waals surface area contributed by atoms with Crippen molar-refractivity contribution >= 4 is 0 Å². The van der Waals surface area contributed by atoms with E-state index in [-0.39, 0.29) is 46.8 Å². The van der Waals surface area contributed by atoms with Crippen molar-refractivity contribution in [3.8, 4) is 50.9 Å². The second kappa shape index (κ2) is 9.69. The summed E-state index contributed by atoms with van der Waals surface area (Å²) in [6.07, 6.45) is -8.48. The lowest BCUT2D eigenvalue weighted by Crippen LogP contribution is -2.25. The SMILES string of the molecule is Cc1nc(-c2cc(-c3ccc(CO)c(C)c3)ccc2-n2nc(C(F)(F)F)cc2C)c(-c2ccc3c(c2)OC(F)(F)O3)o1. The third-order valence-corrected chi connectivity index (χ3v) is 6.90. The summed E-state index contributed by atoms with van der Waals surface area (Å²) >= 11 is 0. The number of hydrogen-bond donors (Lipinski definition) is 1. The third kappa shape index (κ3) is 4.87. The van der Waals surface area contributed by atoms with Crippen molar-refractivity contribution in [2.24, 2.45) is 0 Å². The molecule has 0 aliphatic carbocycles. The summed E-state index contributed by atoms with van der Waals surface area (Å²) in [5.74, 6) is 0.0530. The lowest BCUT2D eigenvalue weighted by Gasteiger charge is -2.14. The molecule has 0 saturated carbocycles. The fraction of sp³-hybridized carbons (Fsp3) is 0.200. The van der Waals surface area contributed by atoms with Gasteiger partial charge in [0.05, 0.1) is 12.3 Å². The molecule has 3 aromatic carbocycles. The van der Waals surface area contributed by atoms with Crippen LogP contribution in [0.25, 0.3) is 39.4 Å². The predicted molar refractivity (Wildman–Crippen MR) is 141 cm³/mol. The van der Waals surface area contributed by atoms with E-state index >= 15 is 0 Å². The molecule has 0 radical (unpaired) electrons. The Balaban J connectivity index is 1.56. The molecule has 1 N–H and O–H groups in total. The number of rotatable bonds is 5. The Morgan fingerprint density at radius 2 is 1.55 bits per heavy atom. The Morgan fingerprint density at radius 1 is 0.857 bits per heavy atom. The number of aromatic nitrogens is 3. The van der Waals surface area contributed by atoms with Gasteiger partial charge in [-0.15, -0.1) is 8.78 Å². The second-order valence-corrected chi connectivity index (χ2v) is 9.85. The van der Waals surface area contributed by atoms with Crippen LogP contribution in [0.2, 0.25) is 0 Å². The first-order valence-corrected chi connectivity index (χ1v) is 12.7. The molecule has 2 aromatic heterocycles. The molecular weight excluding hydrogens is 561 g/mol. The first-order chi connectivity index (χ1) is 19.8. The molecule has 12 heteroatoms. The molecule has 0 bridgehead atoms. The Labute approximate surface area is 235 Å². The van der Waals surface area contributed by atoms with Crippen LogP contribution in [0, 0.1) is 20.8 Å². The van der Waals surface area contributed by atoms with E-state index in [1.807, 2.05) is 19.1 Å². The number of halogens is 5. The van der Waals surface area contributed by atoms with Gasteiger partial charge in [0.2, 0.25) is 0 Å². The average Bonchev–Trinajstić information content (AvgIpc) is 3.60. The number of fused-ring (bicyclic) bond motifs is 1. The van der Waals surface area contributed by atoms with Crippen LogP contribution in [0.5, 0.6) is 11.5 Å². The zero-order valence-electron chi connectivity index (χ0n) is 22.4. The lowest BCUT2D eigenvalue weighted by molar-refractivity contribution is -0.286. The van der Waals surface area contributed by atoms with Crippen molar-refractivity contribution in [3.63, 3.8) is 0 Å². The largest absolute Gasteiger partial charge is 0.586 e. The molecule has 216 valence electrons. The van der Waals surface area contributed by atoms with Gasteiger partial charge in [0, 0.05) is 23.7 Å². The highest BCUT2D eigenvalue weighted by atomic mass is 19.4. The molecule has 1 aliphatic rings. The van der Waals surface area contributed by atoms with Crippen LogP contribution in [0.4, 0.5) is 22.0 Å². The minimum absolute atomic E-state index is 0.126. The molecule has 0 unspecified atom stereocenters. The predicted octanol–water partition coefficient (Wildman–Crippen LogP) is 7.62. The van der Waals surface area contributed by atoms with Gasteiger partial charge in [-0.25, -0.2) is 9.67 Å². The molecule has 1 aliphatic heterocycles. The van der Waals surface area contributed by atoms with E-state index in [2.05, 4.69) is 19.6 Å². The molecule has 5 aromatic rings. The molecule has 0 fully saturated rings. The van der Waals surface area contributed by atoms with Gasteiger partial charge in [0.25, 0.3) is 0 Å². The average molecular weight is 584 g/mol. The van der Waals surface area contributed by atoms with Crippen molar-refractivity contribution in [1.82, 2.24) is 14.8 Å². The lowest BCUT2D eigenvalue weighted by atomic mass is 9.96. The summed E-state index contributed by atoms with van der Waals surface area (Å²) in [7, 11) is 0. The van der Waals surface area contributed by atoms with Gasteiger partial charge in [-0.1, -0.05) is 24.3 Å². The Hall–Kier alpha value is -4.71. The molecule has 0 atom stereocenters. The third-order valence-electron chi connectivity index (χ3n) is 6.90. The number of oxazole rings is 1. The number of nitrogens with zero attached hydrogens (tertiary/aromatic N) is 3. The van der Waals surface area contributed by atoms with Gasteiger partial charge >= 0.3 is 12.5 Å². The normalized spacial score (nSPS) is 14.0. The highest BCUT2D eigenvalue weighted by molar-refractivity contribution is 5.85. The van der Waals surface area contributed by atoms with Crippen LogP contribution in [-0.4, -0.2) is 26.2 Å². The fourth-order valence-corrected chi connectivity index (χ4v) is 4.90. The molecule has 3 heterocycles. The zero-order chi connectivity index (χ0) is 30.0. The number of hydrogen-bond acceptors (Lipinski definition) is 6. The monoisotopic (exact) mass is 583 g/mol. The van der Waals surface area contributed by atoms with E-state index in [0.29, 0.717) is 16.7 Å². The molecule has 0 saturated heterocycles. The van der Waals surface area contributed by atoms with Crippen LogP contribution < -0.4 is 9.47 Å². The number of aliphatic hydroxyl groups excluding tert-OH is 1. The van der Waals surface area contributed by atoms with Gasteiger partial charge in [-0.05, 0) is 72.5 Å². The maximum atomic E-state index is 13.7. The molecule has 7 nitrogen and oxygen atoms in total. The summed E-state index contributed by atoms with van der Waals surface area (Å²) < 4.78 is 84.2. The number of aryl methyl sites for hydroxylation is 3. The number of aliphatic hydroxyl groups is 1. The van der Waals surface area contributed by atoms with Crippen LogP contribution in [0.3, 0.4) is 0 Å². The summed E-state index contributed by atoms with van der Waals surface area (Å²) in [6.45, 7) is 4.83. The first-order valence-electron chi connectivity index (χ1n) is 12.7. The standard InChI is InChI=1S/C30H22F5N3O4/c1-15-10-18(4-5-21(15)14-39)19-6-8-23(38-16(2)11-26(37-38)29(31,32)33)22(12-19)27-28(40-17(3)36-27)20-7-9-24-25(13-20)42-30(34,35)41-24/h4-13,39H,14H2,1-3H3. The summed E-state index contributed by atoms with van der Waals surface area (Å²) in [5, 5.41) is 13.4. The first kappa shape index (κ1) is 27.5. The Morgan fingerprint density at radius 3 is 2.24 bits per heavy atom. The second-order valence-electron chi connectivity index (χ2n) is 9.85. The molecule has 42 heavy (non-hydrogen) atoms. The van der Waals surface area contributed by atoms with Crippen LogP contribution >= 0.6 is 0 Å². The van der Waals surface area contributed by atoms with Crippen molar-refractivity contribution in [1.29, 1.82) is 0 Å². The van der Waals surface area contributed by atoms with E-state index in [0.717, 1.165) is 22.8 Å². The van der Waals surface area contributed by atoms with Crippen molar-refractivity contribution in [2.75, 3.05) is 0 Å². The van der Waals surface area contributed by atoms with Gasteiger partial charge in [0.15, 0.2) is 28.8 Å². The highest BCUT2D eigenvalue weighted by Crippen LogP contribution is 2.45. The Kier molecular flexibility index (Phi) is 6.34. The minimum atomic E-state index is -4.66. The fourth-order valence-electron chi connectivity index (χ4n) is 4.90. The van der Waals surface area contributed by atoms with E-state index in [1.54, 1.807) is 31.2 Å². The number of ether oxygens (including phenoxy) is 2. The quantitative estimate of drug-likeness (QED) is 0.215. The van der Waals surface area contributed by atoms with E-state index in [1.165, 1.54) is 29.8 Å². The van der Waals surface area contributed by atoms with E-state index in [4.69, 9.17) is 4.42 Å². The van der Waals surface area contributed by atoms with Crippen molar-refractivity contribution in [3.05, 3.63) is 89.1 Å². The van der Waals surface area contributed by atoms with Crippen LogP contribution in [0.1, 0.15) is 28.4 Å². The maximum Gasteiger partial charge on any atom is 0.586 e. The molecule has 0 amide bonds. The molecule has 0 spiro atoms. The summed E-state index contributed by atoms with van der Waals surface area (Å²) in [4.78, 5) is 4.55. The number of benzene rings is 3. The maximum absolute atomic E-state index is 13.7. The van der Waals surface area contributed by atoms with Crippen LogP contribution in [0.15, 0.2) is 65.1 Å². The minimum Gasteiger partial charge on any atom is -0.440 e. The van der Waals surface area contributed by atoms with Gasteiger partial charge in [0.1, 0.15) is 5.69 Å². The Bertz CT molecular complexity index is 1840. The highest BCUT2D eigenvalue weighted by Gasteiger charge is 2.43. The smallest absolute Gasteiger partial charge is 0.440 e. The van der Waals surface area contributed by atoms with Crippen LogP contribution in [-0.2, 0) is 12.8 Å². The van der Waals surface area contributed by atoms with Gasteiger partial charge in [-0.3, -0.25) is 0 Å². The summed E-state index contributed by atoms with van der Waals surface area (Å²) in [5.41, 5.74) is 3.53.